The van der Waals surface area contributed by atoms with Crippen LogP contribution in [0.25, 0.3) is 0 Å². The van der Waals surface area contributed by atoms with Gasteiger partial charge in [-0.2, -0.15) is 0 Å². The molecule has 1 rings (SSSR count). The first kappa shape index (κ1) is 14.3. The maximum Gasteiger partial charge on any atom is 0.251 e. The minimum absolute atomic E-state index is 0.175. The third-order valence-electron chi connectivity index (χ3n) is 2.71. The fraction of sp³-hybridized carbons (Fsp3) is 0.462. The summed E-state index contributed by atoms with van der Waals surface area (Å²) < 4.78 is 0. The molecule has 0 fully saturated rings. The zero-order chi connectivity index (χ0) is 13.5. The lowest BCUT2D eigenvalue weighted by atomic mass is 10.1. The Morgan fingerprint density at radius 1 is 1.33 bits per heavy atom. The zero-order valence-electron chi connectivity index (χ0n) is 10.6. The Labute approximate surface area is 107 Å². The monoisotopic (exact) mass is 251 g/mol. The van der Waals surface area contributed by atoms with Gasteiger partial charge in [0.25, 0.3) is 5.91 Å². The van der Waals surface area contributed by atoms with Gasteiger partial charge in [0.15, 0.2) is 0 Å². The van der Waals surface area contributed by atoms with Gasteiger partial charge < -0.3 is 21.9 Å². The minimum atomic E-state index is -0.175. The molecule has 0 aliphatic carbocycles. The zero-order valence-corrected chi connectivity index (χ0v) is 10.6. The van der Waals surface area contributed by atoms with E-state index in [1.54, 1.807) is 18.2 Å². The fourth-order valence-electron chi connectivity index (χ4n) is 1.65. The molecule has 0 radical (unpaired) electrons. The van der Waals surface area contributed by atoms with Gasteiger partial charge >= 0.3 is 0 Å². The van der Waals surface area contributed by atoms with E-state index in [0.29, 0.717) is 23.5 Å². The molecule has 1 amide bonds. The van der Waals surface area contributed by atoms with Crippen molar-refractivity contribution in [1.82, 2.24) is 5.32 Å². The van der Waals surface area contributed by atoms with Crippen LogP contribution >= 0.6 is 0 Å². The van der Waals surface area contributed by atoms with Crippen molar-refractivity contribution in [2.45, 2.75) is 19.8 Å². The molecule has 18 heavy (non-hydrogen) atoms. The van der Waals surface area contributed by atoms with Gasteiger partial charge in [-0.05, 0) is 37.0 Å². The van der Waals surface area contributed by atoms with Crippen molar-refractivity contribution >= 4 is 17.3 Å². The van der Waals surface area contributed by atoms with Gasteiger partial charge in [0.2, 0.25) is 0 Å². The lowest BCUT2D eigenvalue weighted by Gasteiger charge is -2.09. The van der Waals surface area contributed by atoms with Crippen LogP contribution in [0.4, 0.5) is 11.4 Å². The van der Waals surface area contributed by atoms with Gasteiger partial charge in [0, 0.05) is 30.1 Å². The minimum Gasteiger partial charge on any atom is -0.399 e. The standard InChI is InChI=1S/C13H21N3O2/c1-9(8-17)3-2-4-16-13(18)10-5-11(14)7-12(15)6-10/h5-7,9,17H,2-4,8,14-15H2,1H3,(H,16,18). The number of carbonyl (C=O) groups excluding carboxylic acids is 1. The highest BCUT2D eigenvalue weighted by molar-refractivity contribution is 5.96. The molecule has 1 aromatic rings. The summed E-state index contributed by atoms with van der Waals surface area (Å²) in [6.45, 7) is 2.73. The van der Waals surface area contributed by atoms with Crippen molar-refractivity contribution in [2.24, 2.45) is 5.92 Å². The maximum absolute atomic E-state index is 11.8. The second kappa shape index (κ2) is 6.86. The molecule has 100 valence electrons. The number of hydrogen-bond donors (Lipinski definition) is 4. The van der Waals surface area contributed by atoms with Gasteiger partial charge in [-0.25, -0.2) is 0 Å². The number of nitrogen functional groups attached to an aromatic ring is 2. The Kier molecular flexibility index (Phi) is 5.45. The number of aliphatic hydroxyl groups excluding tert-OH is 1. The first-order chi connectivity index (χ1) is 8.52. The van der Waals surface area contributed by atoms with Crippen LogP contribution < -0.4 is 16.8 Å². The number of anilines is 2. The van der Waals surface area contributed by atoms with Crippen LogP contribution in [0.2, 0.25) is 0 Å². The molecular formula is C13H21N3O2. The highest BCUT2D eigenvalue weighted by atomic mass is 16.3. The highest BCUT2D eigenvalue weighted by Crippen LogP contribution is 2.13. The Balaban J connectivity index is 2.41. The Morgan fingerprint density at radius 3 is 2.50 bits per heavy atom. The number of nitrogens with one attached hydrogen (secondary N) is 1. The molecule has 0 heterocycles. The van der Waals surface area contributed by atoms with E-state index in [-0.39, 0.29) is 18.4 Å². The molecule has 0 saturated carbocycles. The summed E-state index contributed by atoms with van der Waals surface area (Å²) in [6, 6.07) is 4.81. The Hall–Kier alpha value is -1.75. The molecule has 0 spiro atoms. The summed E-state index contributed by atoms with van der Waals surface area (Å²) in [5.41, 5.74) is 12.7. The fourth-order valence-corrected chi connectivity index (χ4v) is 1.65. The number of benzene rings is 1. The van der Waals surface area contributed by atoms with E-state index in [0.717, 1.165) is 12.8 Å². The van der Waals surface area contributed by atoms with Gasteiger partial charge in [-0.3, -0.25) is 4.79 Å². The molecule has 5 heteroatoms. The Morgan fingerprint density at radius 2 is 1.94 bits per heavy atom. The van der Waals surface area contributed by atoms with Crippen molar-refractivity contribution in [3.8, 4) is 0 Å². The molecular weight excluding hydrogens is 230 g/mol. The summed E-state index contributed by atoms with van der Waals surface area (Å²) in [6.07, 6.45) is 1.72. The molecule has 5 nitrogen and oxygen atoms in total. The van der Waals surface area contributed by atoms with E-state index in [1.165, 1.54) is 0 Å². The van der Waals surface area contributed by atoms with Crippen LogP contribution in [0.3, 0.4) is 0 Å². The topological polar surface area (TPSA) is 101 Å². The molecule has 0 aliphatic heterocycles. The number of amides is 1. The predicted molar refractivity (Wildman–Crippen MR) is 73.1 cm³/mol. The van der Waals surface area contributed by atoms with Crippen molar-refractivity contribution in [1.29, 1.82) is 0 Å². The third kappa shape index (κ3) is 4.63. The van der Waals surface area contributed by atoms with Crippen LogP contribution in [0.1, 0.15) is 30.1 Å². The van der Waals surface area contributed by atoms with Crippen molar-refractivity contribution in [2.75, 3.05) is 24.6 Å². The SMILES string of the molecule is CC(CO)CCCNC(=O)c1cc(N)cc(N)c1. The highest BCUT2D eigenvalue weighted by Gasteiger charge is 2.07. The summed E-state index contributed by atoms with van der Waals surface area (Å²) in [4.78, 5) is 11.8. The second-order valence-electron chi connectivity index (χ2n) is 4.57. The second-order valence-corrected chi connectivity index (χ2v) is 4.57. The molecule has 1 atom stereocenters. The quantitative estimate of drug-likeness (QED) is 0.447. The average molecular weight is 251 g/mol. The number of nitrogens with two attached hydrogens (primary N) is 2. The van der Waals surface area contributed by atoms with E-state index in [9.17, 15) is 4.79 Å². The number of rotatable bonds is 6. The lowest BCUT2D eigenvalue weighted by Crippen LogP contribution is -2.25. The van der Waals surface area contributed by atoms with Crippen LogP contribution in [0.15, 0.2) is 18.2 Å². The largest absolute Gasteiger partial charge is 0.399 e. The van der Waals surface area contributed by atoms with Crippen LogP contribution in [-0.4, -0.2) is 24.2 Å². The van der Waals surface area contributed by atoms with Crippen molar-refractivity contribution in [3.05, 3.63) is 23.8 Å². The molecule has 6 N–H and O–H groups in total. The first-order valence-corrected chi connectivity index (χ1v) is 6.08. The van der Waals surface area contributed by atoms with Gasteiger partial charge in [0.05, 0.1) is 0 Å². The molecule has 0 aromatic heterocycles. The summed E-state index contributed by atoms with van der Waals surface area (Å²) in [5, 5.41) is 11.7. The number of aliphatic hydroxyl groups is 1. The summed E-state index contributed by atoms with van der Waals surface area (Å²) in [7, 11) is 0. The number of hydrogen-bond acceptors (Lipinski definition) is 4. The van der Waals surface area contributed by atoms with Crippen LogP contribution in [0, 0.1) is 5.92 Å². The van der Waals surface area contributed by atoms with Crippen LogP contribution in [-0.2, 0) is 0 Å². The smallest absolute Gasteiger partial charge is 0.251 e. The van der Waals surface area contributed by atoms with Crippen molar-refractivity contribution in [3.63, 3.8) is 0 Å². The summed E-state index contributed by atoms with van der Waals surface area (Å²) in [5.74, 6) is 0.0931. The van der Waals surface area contributed by atoms with Gasteiger partial charge in [0.1, 0.15) is 0 Å². The van der Waals surface area contributed by atoms with E-state index in [1.807, 2.05) is 6.92 Å². The van der Waals surface area contributed by atoms with Gasteiger partial charge in [-0.1, -0.05) is 6.92 Å². The van der Waals surface area contributed by atoms with E-state index >= 15 is 0 Å². The van der Waals surface area contributed by atoms with Crippen molar-refractivity contribution < 1.29 is 9.90 Å². The van der Waals surface area contributed by atoms with E-state index in [2.05, 4.69) is 5.32 Å². The molecule has 1 aromatic carbocycles. The van der Waals surface area contributed by atoms with Gasteiger partial charge in [-0.15, -0.1) is 0 Å². The van der Waals surface area contributed by atoms with Crippen LogP contribution in [0.5, 0.6) is 0 Å². The van der Waals surface area contributed by atoms with E-state index < -0.39 is 0 Å². The molecule has 1 unspecified atom stereocenters. The maximum atomic E-state index is 11.8. The molecule has 0 aliphatic rings. The third-order valence-corrected chi connectivity index (χ3v) is 2.71. The molecule has 0 saturated heterocycles. The summed E-state index contributed by atoms with van der Waals surface area (Å²) >= 11 is 0. The average Bonchev–Trinajstić information content (AvgIpc) is 2.32. The Bertz CT molecular complexity index is 387. The predicted octanol–water partition coefficient (Wildman–Crippen LogP) is 0.989. The number of carbonyl (C=O) groups is 1. The van der Waals surface area contributed by atoms with E-state index in [4.69, 9.17) is 16.6 Å². The normalized spacial score (nSPS) is 12.1. The lowest BCUT2D eigenvalue weighted by molar-refractivity contribution is 0.0952. The molecule has 0 bridgehead atoms. The first-order valence-electron chi connectivity index (χ1n) is 6.08.